The molecule has 1 saturated heterocycles. The molecule has 17 heavy (non-hydrogen) atoms. The molecule has 1 heterocycles. The summed E-state index contributed by atoms with van der Waals surface area (Å²) < 4.78 is 22.6. The molecule has 6 heteroatoms. The Morgan fingerprint density at radius 1 is 1.35 bits per heavy atom. The maximum absolute atomic E-state index is 11.3. The summed E-state index contributed by atoms with van der Waals surface area (Å²) in [5.74, 6) is 0.465. The largest absolute Gasteiger partial charge is 0.394 e. The van der Waals surface area contributed by atoms with Crippen molar-refractivity contribution in [2.45, 2.75) is 32.4 Å². The van der Waals surface area contributed by atoms with Crippen LogP contribution in [0.25, 0.3) is 0 Å². The van der Waals surface area contributed by atoms with Crippen molar-refractivity contribution in [1.82, 2.24) is 10.2 Å². The van der Waals surface area contributed by atoms with E-state index in [1.807, 2.05) is 20.8 Å². The third kappa shape index (κ3) is 4.91. The van der Waals surface area contributed by atoms with Crippen molar-refractivity contribution in [1.29, 1.82) is 0 Å². The van der Waals surface area contributed by atoms with Crippen LogP contribution in [0.5, 0.6) is 0 Å². The van der Waals surface area contributed by atoms with Crippen molar-refractivity contribution in [3.63, 3.8) is 0 Å². The zero-order valence-corrected chi connectivity index (χ0v) is 11.8. The highest BCUT2D eigenvalue weighted by Gasteiger charge is 2.30. The zero-order chi connectivity index (χ0) is 13.1. The molecule has 0 spiro atoms. The number of nitrogens with zero attached hydrogens (tertiary/aromatic N) is 1. The molecule has 1 aliphatic heterocycles. The number of rotatable bonds is 5. The van der Waals surface area contributed by atoms with Gasteiger partial charge >= 0.3 is 0 Å². The number of aliphatic hydroxyl groups excluding tert-OH is 1. The molecule has 0 aromatic carbocycles. The molecule has 0 aromatic heterocycles. The fourth-order valence-electron chi connectivity index (χ4n) is 2.24. The molecule has 1 aliphatic rings. The van der Waals surface area contributed by atoms with Crippen LogP contribution in [-0.2, 0) is 9.84 Å². The highest BCUT2D eigenvalue weighted by Crippen LogP contribution is 2.11. The van der Waals surface area contributed by atoms with Gasteiger partial charge in [-0.2, -0.15) is 0 Å². The van der Waals surface area contributed by atoms with Crippen LogP contribution in [0.15, 0.2) is 0 Å². The molecule has 0 bridgehead atoms. The molecular formula is C11H24N2O3S. The van der Waals surface area contributed by atoms with Crippen LogP contribution in [-0.4, -0.2) is 67.8 Å². The SMILES string of the molecule is CC(C)NC(C)(CO)CN1CCS(=O)(=O)CC1. The van der Waals surface area contributed by atoms with Gasteiger partial charge in [0, 0.05) is 25.7 Å². The van der Waals surface area contributed by atoms with Gasteiger partial charge in [-0.3, -0.25) is 4.90 Å². The van der Waals surface area contributed by atoms with E-state index >= 15 is 0 Å². The zero-order valence-electron chi connectivity index (χ0n) is 10.9. The van der Waals surface area contributed by atoms with Gasteiger partial charge in [0.1, 0.15) is 0 Å². The monoisotopic (exact) mass is 264 g/mol. The van der Waals surface area contributed by atoms with E-state index in [1.165, 1.54) is 0 Å². The minimum absolute atomic E-state index is 0.0500. The fraction of sp³-hybridized carbons (Fsp3) is 1.00. The van der Waals surface area contributed by atoms with Crippen LogP contribution in [0.3, 0.4) is 0 Å². The summed E-state index contributed by atoms with van der Waals surface area (Å²) >= 11 is 0. The van der Waals surface area contributed by atoms with Crippen molar-refractivity contribution in [3.8, 4) is 0 Å². The van der Waals surface area contributed by atoms with E-state index in [2.05, 4.69) is 10.2 Å². The van der Waals surface area contributed by atoms with Crippen LogP contribution in [0, 0.1) is 0 Å². The summed E-state index contributed by atoms with van der Waals surface area (Å²) in [6, 6.07) is 0.292. The van der Waals surface area contributed by atoms with Crippen LogP contribution in [0.4, 0.5) is 0 Å². The Balaban J connectivity index is 2.52. The Kier molecular flexibility index (Phi) is 4.95. The highest BCUT2D eigenvalue weighted by atomic mass is 32.2. The van der Waals surface area contributed by atoms with Gasteiger partial charge in [-0.05, 0) is 6.92 Å². The summed E-state index contributed by atoms with van der Waals surface area (Å²) in [4.78, 5) is 2.10. The van der Waals surface area contributed by atoms with Gasteiger partial charge in [-0.25, -0.2) is 8.42 Å². The third-order valence-electron chi connectivity index (χ3n) is 3.00. The lowest BCUT2D eigenvalue weighted by Gasteiger charge is -2.38. The van der Waals surface area contributed by atoms with E-state index in [4.69, 9.17) is 0 Å². The molecule has 0 saturated carbocycles. The normalized spacial score (nSPS) is 24.8. The van der Waals surface area contributed by atoms with Crippen LogP contribution in [0.2, 0.25) is 0 Å². The molecule has 1 unspecified atom stereocenters. The molecule has 0 aliphatic carbocycles. The smallest absolute Gasteiger partial charge is 0.152 e. The van der Waals surface area contributed by atoms with Crippen molar-refractivity contribution in [2.24, 2.45) is 0 Å². The number of hydrogen-bond acceptors (Lipinski definition) is 5. The lowest BCUT2D eigenvalue weighted by Crippen LogP contribution is -2.58. The molecule has 2 N–H and O–H groups in total. The van der Waals surface area contributed by atoms with Gasteiger partial charge in [-0.15, -0.1) is 0 Å². The highest BCUT2D eigenvalue weighted by molar-refractivity contribution is 7.91. The predicted octanol–water partition coefficient (Wildman–Crippen LogP) is -0.534. The van der Waals surface area contributed by atoms with Gasteiger partial charge in [0.05, 0.1) is 23.7 Å². The Labute approximate surface area is 104 Å². The van der Waals surface area contributed by atoms with Gasteiger partial charge in [0.2, 0.25) is 0 Å². The van der Waals surface area contributed by atoms with E-state index < -0.39 is 9.84 Å². The average molecular weight is 264 g/mol. The molecule has 1 fully saturated rings. The van der Waals surface area contributed by atoms with Gasteiger partial charge in [0.25, 0.3) is 0 Å². The van der Waals surface area contributed by atoms with E-state index in [-0.39, 0.29) is 23.7 Å². The van der Waals surface area contributed by atoms with Crippen LogP contribution in [0.1, 0.15) is 20.8 Å². The number of sulfone groups is 1. The summed E-state index contributed by atoms with van der Waals surface area (Å²) in [7, 11) is -2.83. The molecule has 0 radical (unpaired) electrons. The van der Waals surface area contributed by atoms with Crippen LogP contribution < -0.4 is 5.32 Å². The fourth-order valence-corrected chi connectivity index (χ4v) is 3.52. The van der Waals surface area contributed by atoms with Gasteiger partial charge in [-0.1, -0.05) is 13.8 Å². The first-order valence-electron chi connectivity index (χ1n) is 6.08. The lowest BCUT2D eigenvalue weighted by molar-refractivity contribution is 0.117. The summed E-state index contributed by atoms with van der Waals surface area (Å²) in [5.41, 5.74) is -0.366. The number of nitrogens with one attached hydrogen (secondary N) is 1. The standard InChI is InChI=1S/C11H24N2O3S/c1-10(2)12-11(3,9-14)8-13-4-6-17(15,16)7-5-13/h10,12,14H,4-9H2,1-3H3. The second-order valence-electron chi connectivity index (χ2n) is 5.45. The predicted molar refractivity (Wildman–Crippen MR) is 68.9 cm³/mol. The van der Waals surface area contributed by atoms with Crippen molar-refractivity contribution in [2.75, 3.05) is 37.7 Å². The first kappa shape index (κ1) is 14.9. The molecule has 0 aromatic rings. The molecule has 0 amide bonds. The molecule has 1 rings (SSSR count). The Morgan fingerprint density at radius 2 is 1.88 bits per heavy atom. The summed E-state index contributed by atoms with van der Waals surface area (Å²) in [5, 5.41) is 12.8. The van der Waals surface area contributed by atoms with E-state index in [9.17, 15) is 13.5 Å². The average Bonchev–Trinajstić information content (AvgIpc) is 2.20. The van der Waals surface area contributed by atoms with Crippen molar-refractivity contribution < 1.29 is 13.5 Å². The van der Waals surface area contributed by atoms with Gasteiger partial charge in [0.15, 0.2) is 9.84 Å². The maximum atomic E-state index is 11.3. The number of aliphatic hydroxyl groups is 1. The minimum atomic E-state index is -2.83. The van der Waals surface area contributed by atoms with E-state index in [0.717, 1.165) is 0 Å². The topological polar surface area (TPSA) is 69.6 Å². The van der Waals surface area contributed by atoms with Crippen LogP contribution >= 0.6 is 0 Å². The minimum Gasteiger partial charge on any atom is -0.394 e. The first-order valence-corrected chi connectivity index (χ1v) is 7.90. The summed E-state index contributed by atoms with van der Waals surface area (Å²) in [6.45, 7) is 7.90. The lowest BCUT2D eigenvalue weighted by atomic mass is 10.0. The molecule has 5 nitrogen and oxygen atoms in total. The Morgan fingerprint density at radius 3 is 2.29 bits per heavy atom. The van der Waals surface area contributed by atoms with E-state index in [0.29, 0.717) is 25.7 Å². The Hall–Kier alpha value is -0.170. The van der Waals surface area contributed by atoms with Crippen molar-refractivity contribution in [3.05, 3.63) is 0 Å². The van der Waals surface area contributed by atoms with E-state index in [1.54, 1.807) is 0 Å². The van der Waals surface area contributed by atoms with Gasteiger partial charge < -0.3 is 10.4 Å². The molecular weight excluding hydrogens is 240 g/mol. The number of hydrogen-bond donors (Lipinski definition) is 2. The molecule has 1 atom stereocenters. The third-order valence-corrected chi connectivity index (χ3v) is 4.60. The maximum Gasteiger partial charge on any atom is 0.152 e. The second-order valence-corrected chi connectivity index (χ2v) is 7.75. The quantitative estimate of drug-likeness (QED) is 0.698. The second kappa shape index (κ2) is 5.65. The molecule has 102 valence electrons. The first-order chi connectivity index (χ1) is 7.76. The summed E-state index contributed by atoms with van der Waals surface area (Å²) in [6.07, 6.45) is 0. The van der Waals surface area contributed by atoms with Crippen molar-refractivity contribution >= 4 is 9.84 Å². The Bertz CT molecular complexity index is 329.